The summed E-state index contributed by atoms with van der Waals surface area (Å²) < 4.78 is 8.64. The van der Waals surface area contributed by atoms with Crippen molar-refractivity contribution >= 4 is 46.5 Å². The Labute approximate surface area is 440 Å². The molecule has 0 spiro atoms. The summed E-state index contributed by atoms with van der Waals surface area (Å²) in [5.74, 6) is -0.820. The number of hydrogen-bond donors (Lipinski definition) is 3. The highest BCUT2D eigenvalue weighted by Crippen LogP contribution is 2.21. The van der Waals surface area contributed by atoms with Crippen LogP contribution in [-0.4, -0.2) is 129 Å². The van der Waals surface area contributed by atoms with Crippen molar-refractivity contribution < 1.29 is 38.4 Å². The molecule has 5 heterocycles. The van der Waals surface area contributed by atoms with Crippen LogP contribution in [0.4, 0.5) is 0 Å². The number of hydrogen-bond acceptors (Lipinski definition) is 13. The molecule has 20 nitrogen and oxygen atoms in total. The van der Waals surface area contributed by atoms with Gasteiger partial charge in [0, 0.05) is 127 Å². The molecule has 0 saturated heterocycles. The molecule has 0 aliphatic heterocycles. The van der Waals surface area contributed by atoms with Gasteiger partial charge in [0.15, 0.2) is 29.0 Å². The van der Waals surface area contributed by atoms with E-state index in [-0.39, 0.29) is 135 Å². The number of nitrogens with one attached hydrogen (secondary N) is 2. The van der Waals surface area contributed by atoms with Crippen LogP contribution in [0.1, 0.15) is 193 Å². The fourth-order valence-corrected chi connectivity index (χ4v) is 8.94. The lowest BCUT2D eigenvalue weighted by Crippen LogP contribution is -2.33. The molecule has 0 fully saturated rings. The topological polar surface area (TPSA) is 253 Å². The van der Waals surface area contributed by atoms with Crippen molar-refractivity contribution in [1.29, 1.82) is 0 Å². The summed E-state index contributed by atoms with van der Waals surface area (Å²) in [6.07, 6.45) is 13.4. The maximum atomic E-state index is 13.7. The summed E-state index contributed by atoms with van der Waals surface area (Å²) in [6.45, 7) is 14.7. The summed E-state index contributed by atoms with van der Waals surface area (Å²) in [5.41, 5.74) is 8.65. The molecule has 5 aromatic rings. The molecule has 0 aromatic carbocycles. The molecule has 75 heavy (non-hydrogen) atoms. The van der Waals surface area contributed by atoms with Crippen molar-refractivity contribution in [1.82, 2.24) is 53.3 Å². The normalized spacial score (nSPS) is 11.6. The minimum absolute atomic E-state index is 0.00122. The zero-order valence-corrected chi connectivity index (χ0v) is 45.4. The molecule has 0 atom stereocenters. The molecule has 0 unspecified atom stereocenters. The van der Waals surface area contributed by atoms with Crippen LogP contribution in [0.3, 0.4) is 0 Å². The first kappa shape index (κ1) is 59.0. The third-order valence-electron chi connectivity index (χ3n) is 12.9. The number of imidazole rings is 3. The van der Waals surface area contributed by atoms with Gasteiger partial charge in [-0.1, -0.05) is 0 Å². The number of amides is 2. The minimum atomic E-state index is -0.439. The SMILES string of the molecule is CC(C)n1ccnc1C(=O)Cc1cc(C(=O)CCCC(=O)Cc2cn(C(C)C)c(C(=O)Cc3cc(C(=O)CCCC(=O)Cc4cn(C(C)C)c(C(=O)NCCC(=O)NCCCN(C)CCCN)n4)n(C)c3)n2)n(C)c1. The molecule has 5 aromatic heterocycles. The Kier molecular flexibility index (Phi) is 22.1. The molecule has 5 rings (SSSR count). The molecule has 0 aliphatic rings. The Morgan fingerprint density at radius 2 is 1.05 bits per heavy atom. The van der Waals surface area contributed by atoms with E-state index >= 15 is 0 Å². The Bertz CT molecular complexity index is 2800. The van der Waals surface area contributed by atoms with Gasteiger partial charge in [0.05, 0.1) is 35.6 Å². The predicted molar refractivity (Wildman–Crippen MR) is 284 cm³/mol. The average Bonchev–Trinajstić information content (AvgIpc) is 4.21. The number of Topliss-reactive ketones (excluding diaryl/α,β-unsaturated/α-hetero) is 6. The van der Waals surface area contributed by atoms with E-state index in [9.17, 15) is 38.4 Å². The number of aromatic nitrogens is 8. The van der Waals surface area contributed by atoms with Gasteiger partial charge < -0.3 is 44.1 Å². The second-order valence-electron chi connectivity index (χ2n) is 20.4. The van der Waals surface area contributed by atoms with Crippen LogP contribution >= 0.6 is 0 Å². The summed E-state index contributed by atoms with van der Waals surface area (Å²) in [4.78, 5) is 120. The first-order chi connectivity index (χ1) is 35.6. The fourth-order valence-electron chi connectivity index (χ4n) is 8.94. The number of nitrogens with zero attached hydrogens (tertiary/aromatic N) is 9. The molecule has 0 bridgehead atoms. The van der Waals surface area contributed by atoms with Crippen molar-refractivity contribution in [2.75, 3.05) is 39.8 Å². The van der Waals surface area contributed by atoms with E-state index in [1.165, 1.54) is 0 Å². The minimum Gasteiger partial charge on any atom is -0.356 e. The number of carbonyl (C=O) groups excluding carboxylic acids is 8. The van der Waals surface area contributed by atoms with Crippen LogP contribution in [0.2, 0.25) is 0 Å². The number of carbonyl (C=O) groups is 8. The largest absolute Gasteiger partial charge is 0.356 e. The van der Waals surface area contributed by atoms with Crippen molar-refractivity contribution in [3.8, 4) is 0 Å². The third-order valence-corrected chi connectivity index (χ3v) is 12.9. The highest BCUT2D eigenvalue weighted by molar-refractivity contribution is 5.98. The van der Waals surface area contributed by atoms with Gasteiger partial charge in [-0.15, -0.1) is 0 Å². The van der Waals surface area contributed by atoms with Crippen LogP contribution in [0.25, 0.3) is 0 Å². The van der Waals surface area contributed by atoms with Gasteiger partial charge in [0.1, 0.15) is 11.6 Å². The fraction of sp³-hybridized carbons (Fsp3) is 0.545. The summed E-state index contributed by atoms with van der Waals surface area (Å²) in [6, 6.07) is 3.25. The molecule has 2 amide bonds. The number of ketones is 6. The van der Waals surface area contributed by atoms with E-state index in [4.69, 9.17) is 5.73 Å². The van der Waals surface area contributed by atoms with Crippen LogP contribution < -0.4 is 16.4 Å². The molecular formula is C55H78N12O8. The summed E-state index contributed by atoms with van der Waals surface area (Å²) in [7, 11) is 5.50. The van der Waals surface area contributed by atoms with Gasteiger partial charge in [0.25, 0.3) is 5.91 Å². The number of nitrogens with two attached hydrogens (primary N) is 1. The van der Waals surface area contributed by atoms with Gasteiger partial charge >= 0.3 is 0 Å². The monoisotopic (exact) mass is 1030 g/mol. The first-order valence-electron chi connectivity index (χ1n) is 26.2. The molecule has 4 N–H and O–H groups in total. The second-order valence-corrected chi connectivity index (χ2v) is 20.4. The molecule has 406 valence electrons. The highest BCUT2D eigenvalue weighted by Gasteiger charge is 2.24. The summed E-state index contributed by atoms with van der Waals surface area (Å²) >= 11 is 0. The number of aryl methyl sites for hydroxylation is 2. The number of rotatable bonds is 34. The maximum absolute atomic E-state index is 13.7. The quantitative estimate of drug-likeness (QED) is 0.0327. The van der Waals surface area contributed by atoms with E-state index in [0.717, 1.165) is 25.9 Å². The lowest BCUT2D eigenvalue weighted by Gasteiger charge is -2.16. The zero-order valence-electron chi connectivity index (χ0n) is 45.4. The highest BCUT2D eigenvalue weighted by atomic mass is 16.2. The van der Waals surface area contributed by atoms with Crippen LogP contribution in [0, 0.1) is 0 Å². The average molecular weight is 1040 g/mol. The lowest BCUT2D eigenvalue weighted by molar-refractivity contribution is -0.121. The lowest BCUT2D eigenvalue weighted by atomic mass is 10.1. The van der Waals surface area contributed by atoms with Gasteiger partial charge in [-0.25, -0.2) is 15.0 Å². The Morgan fingerprint density at radius 1 is 0.560 bits per heavy atom. The van der Waals surface area contributed by atoms with E-state index in [1.807, 2.05) is 53.2 Å². The van der Waals surface area contributed by atoms with E-state index in [0.29, 0.717) is 65.7 Å². The Morgan fingerprint density at radius 3 is 1.57 bits per heavy atom. The van der Waals surface area contributed by atoms with Crippen LogP contribution in [0.15, 0.2) is 49.3 Å². The van der Waals surface area contributed by atoms with Crippen molar-refractivity contribution in [3.63, 3.8) is 0 Å². The Hall–Kier alpha value is -6.93. The molecule has 0 radical (unpaired) electrons. The third kappa shape index (κ3) is 17.3. The van der Waals surface area contributed by atoms with Gasteiger partial charge in [-0.3, -0.25) is 38.4 Å². The van der Waals surface area contributed by atoms with Crippen molar-refractivity contribution in [2.45, 2.75) is 143 Å². The smallest absolute Gasteiger partial charge is 0.287 e. The predicted octanol–water partition coefficient (Wildman–Crippen LogP) is 5.78. The van der Waals surface area contributed by atoms with E-state index < -0.39 is 5.91 Å². The Balaban J connectivity index is 1.05. The molecule has 0 saturated carbocycles. The van der Waals surface area contributed by atoms with Gasteiger partial charge in [-0.2, -0.15) is 0 Å². The molecule has 0 aliphatic carbocycles. The standard InChI is InChI=1S/C55H78N12O8/c1-36(2)65-25-22-58-52(65)49(72)28-39-26-45(63(8)32-39)47(70)16-10-14-43(68)30-41-34-66(37(3)4)53(60-41)50(73)29-40-27-46(64(9)33-40)48(71)17-11-15-44(69)31-42-35-67(38(5)6)54(61-42)55(75)59-21-18-51(74)57-20-13-24-62(7)23-12-19-56/h22,25-27,32-38H,10-21,23-24,28-31,56H2,1-9H3,(H,57,74)(H,59,75). The van der Waals surface area contributed by atoms with Gasteiger partial charge in [-0.05, 0) is 117 Å². The van der Waals surface area contributed by atoms with Crippen LogP contribution in [0.5, 0.6) is 0 Å². The summed E-state index contributed by atoms with van der Waals surface area (Å²) in [5, 5.41) is 5.65. The zero-order chi connectivity index (χ0) is 54.9. The second kappa shape index (κ2) is 28.1. The van der Waals surface area contributed by atoms with Crippen LogP contribution in [-0.2, 0) is 54.2 Å². The van der Waals surface area contributed by atoms with Crippen molar-refractivity contribution in [3.05, 3.63) is 101 Å². The molecular weight excluding hydrogens is 957 g/mol. The van der Waals surface area contributed by atoms with Crippen molar-refractivity contribution in [2.24, 2.45) is 19.8 Å². The molecule has 20 heteroatoms. The van der Waals surface area contributed by atoms with E-state index in [1.54, 1.807) is 81.7 Å². The van der Waals surface area contributed by atoms with E-state index in [2.05, 4.69) is 30.5 Å². The maximum Gasteiger partial charge on any atom is 0.287 e. The van der Waals surface area contributed by atoms with Gasteiger partial charge in [0.2, 0.25) is 17.5 Å². The first-order valence-corrected chi connectivity index (χ1v) is 26.2.